The molecule has 8 heteroatoms. The predicted molar refractivity (Wildman–Crippen MR) is 102 cm³/mol. The van der Waals surface area contributed by atoms with Gasteiger partial charge in [0.1, 0.15) is 0 Å². The van der Waals surface area contributed by atoms with E-state index in [2.05, 4.69) is 20.2 Å². The smallest absolute Gasteiger partial charge is 0.325 e. The van der Waals surface area contributed by atoms with Crippen molar-refractivity contribution in [1.82, 2.24) is 20.2 Å². The van der Waals surface area contributed by atoms with Crippen LogP contribution in [0.2, 0.25) is 0 Å². The number of nitrogens with one attached hydrogen (secondary N) is 3. The minimum absolute atomic E-state index is 0.153. The summed E-state index contributed by atoms with van der Waals surface area (Å²) >= 11 is 0. The Labute approximate surface area is 158 Å². The van der Waals surface area contributed by atoms with Crippen LogP contribution in [0.1, 0.15) is 50.6 Å². The molecule has 0 radical (unpaired) electrons. The molecule has 2 fully saturated rings. The van der Waals surface area contributed by atoms with Gasteiger partial charge in [-0.25, -0.2) is 4.79 Å². The number of carbonyl (C=O) groups is 1. The molecule has 0 spiro atoms. The van der Waals surface area contributed by atoms with Crippen molar-refractivity contribution in [2.75, 3.05) is 26.7 Å². The Balaban J connectivity index is 1.51. The largest absolute Gasteiger partial charge is 0.376 e. The van der Waals surface area contributed by atoms with Crippen molar-refractivity contribution in [2.45, 2.75) is 57.1 Å². The van der Waals surface area contributed by atoms with Gasteiger partial charge in [0.2, 0.25) is 5.91 Å². The van der Waals surface area contributed by atoms with Crippen molar-refractivity contribution in [3.63, 3.8) is 0 Å². The summed E-state index contributed by atoms with van der Waals surface area (Å²) in [6.07, 6.45) is 7.10. The molecule has 1 amide bonds. The van der Waals surface area contributed by atoms with Gasteiger partial charge in [-0.05, 0) is 25.7 Å². The molecule has 1 aromatic rings. The number of amides is 1. The number of methoxy groups -OCH3 is 1. The Morgan fingerprint density at radius 2 is 1.93 bits per heavy atom. The van der Waals surface area contributed by atoms with E-state index in [1.807, 2.05) is 0 Å². The average Bonchev–Trinajstić information content (AvgIpc) is 2.67. The van der Waals surface area contributed by atoms with Crippen LogP contribution >= 0.6 is 0 Å². The van der Waals surface area contributed by atoms with Crippen LogP contribution in [0.5, 0.6) is 0 Å². The summed E-state index contributed by atoms with van der Waals surface area (Å²) in [7, 11) is 1.71. The van der Waals surface area contributed by atoms with Crippen LogP contribution in [-0.4, -0.2) is 53.1 Å². The van der Waals surface area contributed by atoms with Crippen LogP contribution in [0.15, 0.2) is 15.7 Å². The molecule has 0 atom stereocenters. The lowest BCUT2D eigenvalue weighted by molar-refractivity contribution is -0.128. The molecule has 2 aliphatic rings. The third kappa shape index (κ3) is 5.29. The molecule has 1 aliphatic carbocycles. The lowest BCUT2D eigenvalue weighted by atomic mass is 9.87. The van der Waals surface area contributed by atoms with Crippen LogP contribution in [-0.2, 0) is 16.1 Å². The Bertz CT molecular complexity index is 714. The maximum Gasteiger partial charge on any atom is 0.325 e. The van der Waals surface area contributed by atoms with Gasteiger partial charge in [-0.2, -0.15) is 0 Å². The number of piperidine rings is 1. The third-order valence-corrected chi connectivity index (χ3v) is 5.97. The maximum atomic E-state index is 12.4. The van der Waals surface area contributed by atoms with Crippen LogP contribution in [0.3, 0.4) is 0 Å². The normalized spacial score (nSPS) is 21.1. The second-order valence-corrected chi connectivity index (χ2v) is 7.83. The van der Waals surface area contributed by atoms with Crippen molar-refractivity contribution < 1.29 is 9.53 Å². The van der Waals surface area contributed by atoms with E-state index in [1.165, 1.54) is 12.5 Å². The van der Waals surface area contributed by atoms with Crippen LogP contribution in [0.4, 0.5) is 0 Å². The molecule has 2 heterocycles. The molecule has 0 bridgehead atoms. The first kappa shape index (κ1) is 19.8. The van der Waals surface area contributed by atoms with Gasteiger partial charge >= 0.3 is 5.69 Å². The van der Waals surface area contributed by atoms with Crippen molar-refractivity contribution in [1.29, 1.82) is 0 Å². The molecule has 27 heavy (non-hydrogen) atoms. The topological polar surface area (TPSA) is 107 Å². The Hall–Kier alpha value is -1.93. The third-order valence-electron chi connectivity index (χ3n) is 5.97. The molecule has 0 aromatic carbocycles. The van der Waals surface area contributed by atoms with Crippen LogP contribution < -0.4 is 16.6 Å². The van der Waals surface area contributed by atoms with E-state index < -0.39 is 5.69 Å². The standard InChI is InChI=1S/C19H30N4O4/c1-27-19(13-20-17(25)14-5-3-2-4-6-14)7-9-23(10-8-19)12-15-11-16(24)22-18(26)21-15/h11,14H,2-10,12-13H2,1H3,(H,20,25)(H2,21,22,24,26). The number of nitrogens with zero attached hydrogens (tertiary/aromatic N) is 1. The molecular formula is C19H30N4O4. The van der Waals surface area contributed by atoms with Crippen molar-refractivity contribution in [3.05, 3.63) is 32.6 Å². The van der Waals surface area contributed by atoms with Gasteiger partial charge in [0.05, 0.1) is 5.60 Å². The highest BCUT2D eigenvalue weighted by Crippen LogP contribution is 2.27. The van der Waals surface area contributed by atoms with E-state index in [9.17, 15) is 14.4 Å². The van der Waals surface area contributed by atoms with E-state index >= 15 is 0 Å². The number of likely N-dealkylation sites (tertiary alicyclic amines) is 1. The summed E-state index contributed by atoms with van der Waals surface area (Å²) < 4.78 is 5.80. The summed E-state index contributed by atoms with van der Waals surface area (Å²) in [6.45, 7) is 2.62. The zero-order chi connectivity index (χ0) is 19.3. The number of hydrogen-bond donors (Lipinski definition) is 3. The number of hydrogen-bond acceptors (Lipinski definition) is 5. The van der Waals surface area contributed by atoms with E-state index in [0.717, 1.165) is 51.6 Å². The highest BCUT2D eigenvalue weighted by Gasteiger charge is 2.35. The molecule has 150 valence electrons. The lowest BCUT2D eigenvalue weighted by Gasteiger charge is -2.41. The monoisotopic (exact) mass is 378 g/mol. The summed E-state index contributed by atoms with van der Waals surface area (Å²) in [6, 6.07) is 1.42. The first-order chi connectivity index (χ1) is 13.0. The first-order valence-electron chi connectivity index (χ1n) is 9.87. The number of carbonyl (C=O) groups excluding carboxylic acids is 1. The van der Waals surface area contributed by atoms with Crippen molar-refractivity contribution >= 4 is 5.91 Å². The quantitative estimate of drug-likeness (QED) is 0.677. The van der Waals surface area contributed by atoms with E-state index in [4.69, 9.17) is 4.74 Å². The van der Waals surface area contributed by atoms with E-state index in [-0.39, 0.29) is 23.0 Å². The molecule has 1 aromatic heterocycles. The van der Waals surface area contributed by atoms with Gasteiger partial charge in [0, 0.05) is 51.0 Å². The summed E-state index contributed by atoms with van der Waals surface area (Å²) in [5, 5.41) is 3.12. The number of aromatic amines is 2. The van der Waals surface area contributed by atoms with Gasteiger partial charge in [0.15, 0.2) is 0 Å². The second kappa shape index (κ2) is 8.84. The molecule has 1 saturated heterocycles. The van der Waals surface area contributed by atoms with E-state index in [1.54, 1.807) is 7.11 Å². The van der Waals surface area contributed by atoms with Crippen molar-refractivity contribution in [3.8, 4) is 0 Å². The molecule has 0 unspecified atom stereocenters. The fraction of sp³-hybridized carbons (Fsp3) is 0.737. The average molecular weight is 378 g/mol. The van der Waals surface area contributed by atoms with Gasteiger partial charge in [-0.15, -0.1) is 0 Å². The van der Waals surface area contributed by atoms with Crippen LogP contribution in [0.25, 0.3) is 0 Å². The summed E-state index contributed by atoms with van der Waals surface area (Å²) in [5.74, 6) is 0.315. The zero-order valence-electron chi connectivity index (χ0n) is 16.0. The van der Waals surface area contributed by atoms with Crippen LogP contribution in [0, 0.1) is 5.92 Å². The summed E-state index contributed by atoms with van der Waals surface area (Å²) in [5.41, 5.74) is -0.601. The minimum Gasteiger partial charge on any atom is -0.376 e. The SMILES string of the molecule is COC1(CNC(=O)C2CCCCC2)CCN(Cc2cc(=O)[nH]c(=O)[nH]2)CC1. The van der Waals surface area contributed by atoms with Gasteiger partial charge in [0.25, 0.3) is 5.56 Å². The van der Waals surface area contributed by atoms with Crippen molar-refractivity contribution in [2.24, 2.45) is 5.92 Å². The number of ether oxygens (including phenoxy) is 1. The fourth-order valence-electron chi connectivity index (χ4n) is 4.17. The Morgan fingerprint density at radius 3 is 2.56 bits per heavy atom. The maximum absolute atomic E-state index is 12.4. The fourth-order valence-corrected chi connectivity index (χ4v) is 4.17. The summed E-state index contributed by atoms with van der Waals surface area (Å²) in [4.78, 5) is 42.3. The molecular weight excluding hydrogens is 348 g/mol. The Kier molecular flexibility index (Phi) is 6.49. The van der Waals surface area contributed by atoms with E-state index in [0.29, 0.717) is 18.8 Å². The highest BCUT2D eigenvalue weighted by molar-refractivity contribution is 5.78. The highest BCUT2D eigenvalue weighted by atomic mass is 16.5. The number of rotatable bonds is 6. The second-order valence-electron chi connectivity index (χ2n) is 7.83. The lowest BCUT2D eigenvalue weighted by Crippen LogP contribution is -2.52. The first-order valence-corrected chi connectivity index (χ1v) is 9.87. The number of H-pyrrole nitrogens is 2. The molecule has 3 N–H and O–H groups in total. The number of aromatic nitrogens is 2. The molecule has 8 nitrogen and oxygen atoms in total. The van der Waals surface area contributed by atoms with Gasteiger partial charge in [-0.3, -0.25) is 19.5 Å². The Morgan fingerprint density at radius 1 is 1.22 bits per heavy atom. The van der Waals surface area contributed by atoms with Gasteiger partial charge < -0.3 is 15.0 Å². The van der Waals surface area contributed by atoms with Gasteiger partial charge in [-0.1, -0.05) is 19.3 Å². The molecule has 1 saturated carbocycles. The minimum atomic E-state index is -0.480. The predicted octanol–water partition coefficient (Wildman–Crippen LogP) is 0.741. The molecule has 3 rings (SSSR count). The zero-order valence-corrected chi connectivity index (χ0v) is 16.0. The molecule has 1 aliphatic heterocycles.